The molecule has 8 rings (SSSR count). The van der Waals surface area contributed by atoms with Crippen molar-refractivity contribution in [2.45, 2.75) is 0 Å². The van der Waals surface area contributed by atoms with E-state index in [1.54, 1.807) is 23.7 Å². The molecule has 4 nitrogen and oxygen atoms in total. The summed E-state index contributed by atoms with van der Waals surface area (Å²) in [5, 5.41) is 3.40. The van der Waals surface area contributed by atoms with Crippen molar-refractivity contribution < 1.29 is 0 Å². The lowest BCUT2D eigenvalue weighted by molar-refractivity contribution is 1.18. The summed E-state index contributed by atoms with van der Waals surface area (Å²) in [5.41, 5.74) is 10.1. The van der Waals surface area contributed by atoms with E-state index in [0.29, 0.717) is 5.65 Å². The summed E-state index contributed by atoms with van der Waals surface area (Å²) in [6.07, 6.45) is 3.39. The Bertz CT molecular complexity index is 2010. The molecule has 0 saturated carbocycles. The molecule has 3 heterocycles. The zero-order valence-electron chi connectivity index (χ0n) is 21.4. The summed E-state index contributed by atoms with van der Waals surface area (Å²) in [6.45, 7) is 0. The van der Waals surface area contributed by atoms with Gasteiger partial charge in [0.05, 0.1) is 11.0 Å². The van der Waals surface area contributed by atoms with Crippen LogP contribution in [0.3, 0.4) is 0 Å². The average Bonchev–Trinajstić information content (AvgIpc) is 3.61. The fourth-order valence-corrected chi connectivity index (χ4v) is 6.35. The van der Waals surface area contributed by atoms with E-state index in [-0.39, 0.29) is 0 Å². The van der Waals surface area contributed by atoms with Gasteiger partial charge in [0.1, 0.15) is 5.01 Å². The number of fused-ring (bicyclic) bond motifs is 4. The Hall–Kier alpha value is -5.13. The zero-order valence-corrected chi connectivity index (χ0v) is 22.2. The fraction of sp³-hybridized carbons (Fsp3) is 0. The average molecular weight is 531 g/mol. The van der Waals surface area contributed by atoms with Crippen LogP contribution in [0.15, 0.2) is 134 Å². The van der Waals surface area contributed by atoms with Gasteiger partial charge in [-0.25, -0.2) is 15.0 Å². The minimum atomic E-state index is 0.692. The van der Waals surface area contributed by atoms with Gasteiger partial charge >= 0.3 is 0 Å². The van der Waals surface area contributed by atoms with Crippen LogP contribution in [0.5, 0.6) is 0 Å². The molecule has 5 heteroatoms. The van der Waals surface area contributed by atoms with E-state index in [9.17, 15) is 0 Å². The molecule has 0 radical (unpaired) electrons. The molecule has 0 saturated heterocycles. The van der Waals surface area contributed by atoms with Crippen molar-refractivity contribution in [2.24, 2.45) is 0 Å². The second-order valence-corrected chi connectivity index (χ2v) is 10.8. The van der Waals surface area contributed by atoms with Gasteiger partial charge in [-0.15, -0.1) is 0 Å². The van der Waals surface area contributed by atoms with Crippen LogP contribution in [0.2, 0.25) is 0 Å². The SMILES string of the molecule is c1ccc(-c2ccc3c(c2)c2cc(-c4ccccc4)ccc2n3-c2ccc(-c3nc4nccnc4s3)cc2)cc1. The van der Waals surface area contributed by atoms with Crippen molar-refractivity contribution in [3.63, 3.8) is 0 Å². The number of rotatable bonds is 4. The Kier molecular flexibility index (Phi) is 5.28. The van der Waals surface area contributed by atoms with Gasteiger partial charge in [-0.2, -0.15) is 0 Å². The third-order valence-electron chi connectivity index (χ3n) is 7.40. The quantitative estimate of drug-likeness (QED) is 0.228. The van der Waals surface area contributed by atoms with E-state index >= 15 is 0 Å². The molecule has 0 fully saturated rings. The van der Waals surface area contributed by atoms with Crippen molar-refractivity contribution in [1.29, 1.82) is 0 Å². The zero-order chi connectivity index (χ0) is 26.5. The Morgan fingerprint density at radius 1 is 0.500 bits per heavy atom. The molecule has 8 aromatic rings. The molecule has 5 aromatic carbocycles. The molecule has 0 aliphatic heterocycles. The van der Waals surface area contributed by atoms with Crippen LogP contribution in [0.1, 0.15) is 0 Å². The minimum absolute atomic E-state index is 0.692. The van der Waals surface area contributed by atoms with Crippen LogP contribution in [0.4, 0.5) is 0 Å². The van der Waals surface area contributed by atoms with Crippen LogP contribution < -0.4 is 0 Å². The van der Waals surface area contributed by atoms with Gasteiger partial charge in [0.25, 0.3) is 0 Å². The highest BCUT2D eigenvalue weighted by atomic mass is 32.1. The highest BCUT2D eigenvalue weighted by Crippen LogP contribution is 2.38. The number of nitrogens with zero attached hydrogens (tertiary/aromatic N) is 4. The maximum atomic E-state index is 4.69. The van der Waals surface area contributed by atoms with Gasteiger partial charge in [0, 0.05) is 34.4 Å². The lowest BCUT2D eigenvalue weighted by Gasteiger charge is -2.09. The molecular formula is C35H22N4S. The lowest BCUT2D eigenvalue weighted by atomic mass is 10.0. The lowest BCUT2D eigenvalue weighted by Crippen LogP contribution is -1.94. The van der Waals surface area contributed by atoms with Crippen LogP contribution >= 0.6 is 11.3 Å². The first-order valence-corrected chi connectivity index (χ1v) is 14.0. The van der Waals surface area contributed by atoms with Crippen molar-refractivity contribution >= 4 is 43.6 Å². The van der Waals surface area contributed by atoms with Crippen LogP contribution in [-0.4, -0.2) is 19.5 Å². The van der Waals surface area contributed by atoms with Gasteiger partial charge in [-0.3, -0.25) is 0 Å². The van der Waals surface area contributed by atoms with E-state index in [0.717, 1.165) is 21.1 Å². The summed E-state index contributed by atoms with van der Waals surface area (Å²) in [6, 6.07) is 43.4. The molecule has 0 bridgehead atoms. The predicted molar refractivity (Wildman–Crippen MR) is 166 cm³/mol. The molecule has 0 amide bonds. The van der Waals surface area contributed by atoms with Gasteiger partial charge in [-0.05, 0) is 70.8 Å². The molecule has 0 unspecified atom stereocenters. The van der Waals surface area contributed by atoms with Crippen LogP contribution in [0.25, 0.3) is 70.8 Å². The Morgan fingerprint density at radius 2 is 1.05 bits per heavy atom. The summed E-state index contributed by atoms with van der Waals surface area (Å²) >= 11 is 1.57. The summed E-state index contributed by atoms with van der Waals surface area (Å²) in [5.74, 6) is 0. The third-order valence-corrected chi connectivity index (χ3v) is 8.40. The third kappa shape index (κ3) is 3.79. The van der Waals surface area contributed by atoms with Gasteiger partial charge < -0.3 is 4.57 Å². The largest absolute Gasteiger partial charge is 0.309 e. The Balaban J connectivity index is 1.31. The molecule has 40 heavy (non-hydrogen) atoms. The minimum Gasteiger partial charge on any atom is -0.309 e. The summed E-state index contributed by atoms with van der Waals surface area (Å²) < 4.78 is 2.36. The monoisotopic (exact) mass is 530 g/mol. The second-order valence-electron chi connectivity index (χ2n) is 9.78. The van der Waals surface area contributed by atoms with E-state index in [1.807, 2.05) is 0 Å². The first kappa shape index (κ1) is 22.8. The maximum absolute atomic E-state index is 4.69. The predicted octanol–water partition coefficient (Wildman–Crippen LogP) is 9.18. The Morgan fingerprint density at radius 3 is 1.62 bits per heavy atom. The smallest absolute Gasteiger partial charge is 0.190 e. The molecule has 188 valence electrons. The van der Waals surface area contributed by atoms with Crippen LogP contribution in [0, 0.1) is 0 Å². The topological polar surface area (TPSA) is 43.6 Å². The first-order chi connectivity index (χ1) is 19.8. The highest BCUT2D eigenvalue weighted by molar-refractivity contribution is 7.21. The fourth-order valence-electron chi connectivity index (χ4n) is 5.48. The molecule has 3 aromatic heterocycles. The van der Waals surface area contributed by atoms with Gasteiger partial charge in [-0.1, -0.05) is 84.1 Å². The van der Waals surface area contributed by atoms with Crippen molar-refractivity contribution in [3.05, 3.63) is 134 Å². The molecule has 0 aliphatic rings. The molecule has 0 N–H and O–H groups in total. The number of thiazole rings is 1. The number of benzene rings is 5. The number of hydrogen-bond donors (Lipinski definition) is 0. The summed E-state index contributed by atoms with van der Waals surface area (Å²) in [4.78, 5) is 14.3. The molecular weight excluding hydrogens is 508 g/mol. The number of aromatic nitrogens is 4. The van der Waals surface area contributed by atoms with Crippen molar-refractivity contribution in [2.75, 3.05) is 0 Å². The normalized spacial score (nSPS) is 11.5. The standard InChI is InChI=1S/C35H22N4S/c1-3-7-23(8-4-1)26-13-17-31-29(21-26)30-22-27(24-9-5-2-6-10-24)14-18-32(30)39(31)28-15-11-25(12-16-28)34-38-33-35(40-34)37-20-19-36-33/h1-22H. The first-order valence-electron chi connectivity index (χ1n) is 13.2. The molecule has 0 spiro atoms. The summed E-state index contributed by atoms with van der Waals surface area (Å²) in [7, 11) is 0. The van der Waals surface area contributed by atoms with E-state index in [2.05, 4.69) is 136 Å². The second kappa shape index (κ2) is 9.26. The van der Waals surface area contributed by atoms with Crippen molar-refractivity contribution in [3.8, 4) is 38.5 Å². The molecule has 0 aliphatic carbocycles. The van der Waals surface area contributed by atoms with E-state index < -0.39 is 0 Å². The van der Waals surface area contributed by atoms with Crippen LogP contribution in [-0.2, 0) is 0 Å². The van der Waals surface area contributed by atoms with Gasteiger partial charge in [0.15, 0.2) is 10.5 Å². The molecule has 0 atom stereocenters. The Labute approximate surface area is 234 Å². The van der Waals surface area contributed by atoms with Crippen molar-refractivity contribution in [1.82, 2.24) is 19.5 Å². The maximum Gasteiger partial charge on any atom is 0.190 e. The van der Waals surface area contributed by atoms with Gasteiger partial charge in [0.2, 0.25) is 0 Å². The van der Waals surface area contributed by atoms with E-state index in [1.165, 1.54) is 44.1 Å². The highest BCUT2D eigenvalue weighted by Gasteiger charge is 2.15. The number of hydrogen-bond acceptors (Lipinski definition) is 4. The van der Waals surface area contributed by atoms with E-state index in [4.69, 9.17) is 4.98 Å².